The SMILES string of the molecule is CNC(=O)OC(=N)c1ccc(C2=CCN(C(=O)CN3CC[C@]4(CCN(c5ccc(N)c(C(=N)N6CCOCC6)c5)C4=O)C3)CC2)cc1. The van der Waals surface area contributed by atoms with Crippen LogP contribution in [0.5, 0.6) is 0 Å². The molecular weight excluding hydrogens is 600 g/mol. The number of carbonyl (C=O) groups is 3. The van der Waals surface area contributed by atoms with Gasteiger partial charge in [-0.15, -0.1) is 0 Å². The predicted molar refractivity (Wildman–Crippen MR) is 179 cm³/mol. The third-order valence-electron chi connectivity index (χ3n) is 9.71. The summed E-state index contributed by atoms with van der Waals surface area (Å²) >= 11 is 0. The van der Waals surface area contributed by atoms with Crippen molar-refractivity contribution in [2.24, 2.45) is 5.41 Å². The smallest absolute Gasteiger partial charge is 0.398 e. The van der Waals surface area contributed by atoms with Crippen LogP contribution in [0, 0.1) is 16.2 Å². The minimum Gasteiger partial charge on any atom is -0.398 e. The highest BCUT2D eigenvalue weighted by Gasteiger charge is 2.51. The number of alkyl carbamates (subject to hydrolysis) is 1. The normalized spacial score (nSPS) is 21.6. The molecule has 47 heavy (non-hydrogen) atoms. The van der Waals surface area contributed by atoms with Gasteiger partial charge in [0.25, 0.3) is 0 Å². The average Bonchev–Trinajstić information content (AvgIpc) is 3.66. The van der Waals surface area contributed by atoms with Crippen molar-refractivity contribution < 1.29 is 23.9 Å². The van der Waals surface area contributed by atoms with Crippen LogP contribution in [-0.4, -0.2) is 117 Å². The number of ether oxygens (including phenoxy) is 2. The topological polar surface area (TPSA) is 168 Å². The van der Waals surface area contributed by atoms with E-state index >= 15 is 0 Å². The second kappa shape index (κ2) is 13.5. The Bertz CT molecular complexity index is 1600. The molecule has 5 N–H and O–H groups in total. The van der Waals surface area contributed by atoms with Crippen LogP contribution < -0.4 is 16.0 Å². The lowest BCUT2D eigenvalue weighted by molar-refractivity contribution is -0.132. The molecule has 2 aromatic carbocycles. The Balaban J connectivity index is 1.03. The first-order valence-electron chi connectivity index (χ1n) is 16.1. The minimum atomic E-state index is -0.686. The third-order valence-corrected chi connectivity index (χ3v) is 9.71. The summed E-state index contributed by atoms with van der Waals surface area (Å²) in [7, 11) is 1.44. The molecule has 6 rings (SSSR count). The minimum absolute atomic E-state index is 0.0552. The number of nitrogens with two attached hydrogens (primary N) is 1. The summed E-state index contributed by atoms with van der Waals surface area (Å²) in [6.07, 6.45) is 3.53. The number of anilines is 2. The Morgan fingerprint density at radius 2 is 1.74 bits per heavy atom. The van der Waals surface area contributed by atoms with Crippen molar-refractivity contribution in [2.75, 3.05) is 83.3 Å². The molecule has 0 unspecified atom stereocenters. The number of nitrogens with zero attached hydrogens (tertiary/aromatic N) is 4. The first-order chi connectivity index (χ1) is 22.7. The fourth-order valence-corrected chi connectivity index (χ4v) is 6.90. The summed E-state index contributed by atoms with van der Waals surface area (Å²) in [5.41, 5.74) is 10.3. The van der Waals surface area contributed by atoms with Gasteiger partial charge in [0.2, 0.25) is 17.7 Å². The molecule has 0 radical (unpaired) electrons. The fraction of sp³-hybridized carbons (Fsp3) is 0.441. The Morgan fingerprint density at radius 1 is 1.00 bits per heavy atom. The van der Waals surface area contributed by atoms with Gasteiger partial charge < -0.3 is 35.2 Å². The van der Waals surface area contributed by atoms with E-state index in [0.717, 1.165) is 23.2 Å². The van der Waals surface area contributed by atoms with Gasteiger partial charge in [-0.2, -0.15) is 0 Å². The monoisotopic (exact) mass is 642 g/mol. The molecule has 2 aromatic rings. The van der Waals surface area contributed by atoms with Crippen LogP contribution in [0.25, 0.3) is 5.57 Å². The molecule has 248 valence electrons. The molecule has 0 saturated carbocycles. The van der Waals surface area contributed by atoms with E-state index in [1.807, 2.05) is 39.0 Å². The number of nitrogens with one attached hydrogen (secondary N) is 3. The van der Waals surface area contributed by atoms with Crippen molar-refractivity contribution in [1.82, 2.24) is 20.0 Å². The van der Waals surface area contributed by atoms with Crippen LogP contribution in [0.15, 0.2) is 48.5 Å². The van der Waals surface area contributed by atoms with E-state index in [1.165, 1.54) is 7.05 Å². The number of nitrogen functional groups attached to an aromatic ring is 1. The Hall–Kier alpha value is -4.75. The number of carbonyl (C=O) groups excluding carboxylic acids is 3. The van der Waals surface area contributed by atoms with E-state index < -0.39 is 11.5 Å². The van der Waals surface area contributed by atoms with Crippen molar-refractivity contribution in [3.63, 3.8) is 0 Å². The molecule has 4 aliphatic rings. The highest BCUT2D eigenvalue weighted by molar-refractivity contribution is 6.05. The molecule has 3 saturated heterocycles. The van der Waals surface area contributed by atoms with E-state index in [0.29, 0.717) is 94.5 Å². The largest absolute Gasteiger partial charge is 0.413 e. The summed E-state index contributed by atoms with van der Waals surface area (Å²) in [4.78, 5) is 46.3. The number of amidine groups is 1. The molecule has 13 nitrogen and oxygen atoms in total. The molecule has 1 spiro atoms. The summed E-state index contributed by atoms with van der Waals surface area (Å²) in [5, 5.41) is 19.0. The maximum atomic E-state index is 13.9. The van der Waals surface area contributed by atoms with Crippen LogP contribution in [-0.2, 0) is 19.1 Å². The number of amides is 3. The zero-order valence-corrected chi connectivity index (χ0v) is 26.7. The van der Waals surface area contributed by atoms with E-state index in [-0.39, 0.29) is 24.3 Å². The standard InChI is InChI=1S/C34H42N8O5/c1-38-33(45)47-31(37)25-4-2-23(3-5-25)24-8-12-40(13-9-24)29(43)21-39-14-10-34(22-39)11-15-42(32(34)44)26-6-7-28(35)27(20-26)30(36)41-16-18-46-19-17-41/h2-8,20,36-37H,9-19,21-22,35H2,1H3,(H,38,45)/t34-/m0/s1. The Morgan fingerprint density at radius 3 is 2.45 bits per heavy atom. The molecule has 1 atom stereocenters. The number of hydrogen-bond donors (Lipinski definition) is 4. The zero-order valence-electron chi connectivity index (χ0n) is 26.7. The quantitative estimate of drug-likeness (QED) is 0.212. The summed E-state index contributed by atoms with van der Waals surface area (Å²) < 4.78 is 10.3. The average molecular weight is 643 g/mol. The first-order valence-corrected chi connectivity index (χ1v) is 16.1. The molecule has 0 aromatic heterocycles. The molecule has 4 heterocycles. The van der Waals surface area contributed by atoms with Crippen LogP contribution in [0.3, 0.4) is 0 Å². The number of benzene rings is 2. The summed E-state index contributed by atoms with van der Waals surface area (Å²) in [6, 6.07) is 12.8. The van der Waals surface area contributed by atoms with Crippen molar-refractivity contribution in [2.45, 2.75) is 19.3 Å². The molecule has 4 aliphatic heterocycles. The number of likely N-dealkylation sites (tertiary alicyclic amines) is 1. The Labute approximate surface area is 274 Å². The van der Waals surface area contributed by atoms with E-state index in [2.05, 4.69) is 16.3 Å². The second-order valence-corrected chi connectivity index (χ2v) is 12.5. The highest BCUT2D eigenvalue weighted by Crippen LogP contribution is 2.42. The van der Waals surface area contributed by atoms with Crippen molar-refractivity contribution in [3.05, 3.63) is 65.2 Å². The summed E-state index contributed by atoms with van der Waals surface area (Å²) in [5.74, 6) is 0.261. The van der Waals surface area contributed by atoms with E-state index in [1.54, 1.807) is 18.2 Å². The number of rotatable bonds is 6. The molecule has 0 bridgehead atoms. The van der Waals surface area contributed by atoms with Gasteiger partial charge in [-0.25, -0.2) is 4.79 Å². The van der Waals surface area contributed by atoms with Gasteiger partial charge in [0.05, 0.1) is 25.2 Å². The van der Waals surface area contributed by atoms with Gasteiger partial charge in [0.15, 0.2) is 0 Å². The fourth-order valence-electron chi connectivity index (χ4n) is 6.90. The zero-order chi connectivity index (χ0) is 33.1. The molecular formula is C34H42N8O5. The third kappa shape index (κ3) is 6.72. The second-order valence-electron chi connectivity index (χ2n) is 12.5. The van der Waals surface area contributed by atoms with Gasteiger partial charge in [-0.3, -0.25) is 25.3 Å². The van der Waals surface area contributed by atoms with Crippen LogP contribution in [0.2, 0.25) is 0 Å². The van der Waals surface area contributed by atoms with Crippen molar-refractivity contribution >= 4 is 46.6 Å². The lowest BCUT2D eigenvalue weighted by atomic mass is 9.85. The Kier molecular flexibility index (Phi) is 9.28. The molecule has 0 aliphatic carbocycles. The van der Waals surface area contributed by atoms with E-state index in [4.69, 9.17) is 26.0 Å². The summed E-state index contributed by atoms with van der Waals surface area (Å²) in [6.45, 7) is 5.66. The number of morpholine rings is 1. The lowest BCUT2D eigenvalue weighted by Crippen LogP contribution is -2.43. The maximum Gasteiger partial charge on any atom is 0.413 e. The lowest BCUT2D eigenvalue weighted by Gasteiger charge is -2.30. The van der Waals surface area contributed by atoms with Gasteiger partial charge in [0.1, 0.15) is 5.84 Å². The van der Waals surface area contributed by atoms with Gasteiger partial charge in [0, 0.05) is 68.8 Å². The number of hydrogen-bond acceptors (Lipinski definition) is 9. The van der Waals surface area contributed by atoms with Crippen LogP contribution in [0.4, 0.5) is 16.2 Å². The molecule has 3 amide bonds. The molecule has 13 heteroatoms. The molecule has 3 fully saturated rings. The first kappa shape index (κ1) is 32.2. The van der Waals surface area contributed by atoms with E-state index in [9.17, 15) is 14.4 Å². The maximum absolute atomic E-state index is 13.9. The predicted octanol–water partition coefficient (Wildman–Crippen LogP) is 2.35. The highest BCUT2D eigenvalue weighted by atomic mass is 16.6. The van der Waals surface area contributed by atoms with Gasteiger partial charge in [-0.05, 0) is 67.3 Å². The van der Waals surface area contributed by atoms with Crippen molar-refractivity contribution in [3.8, 4) is 0 Å². The van der Waals surface area contributed by atoms with Gasteiger partial charge >= 0.3 is 6.09 Å². The van der Waals surface area contributed by atoms with Crippen LogP contribution in [0.1, 0.15) is 36.0 Å². The van der Waals surface area contributed by atoms with Crippen LogP contribution >= 0.6 is 0 Å². The van der Waals surface area contributed by atoms with Gasteiger partial charge in [-0.1, -0.05) is 18.2 Å². The van der Waals surface area contributed by atoms with Crippen molar-refractivity contribution in [1.29, 1.82) is 10.8 Å².